The molecule has 1 heterocycles. The third kappa shape index (κ3) is 1.78. The Morgan fingerprint density at radius 2 is 2.27 bits per heavy atom. The molecule has 1 rings (SSSR count). The van der Waals surface area contributed by atoms with E-state index < -0.39 is 11.8 Å². The van der Waals surface area contributed by atoms with Crippen molar-refractivity contribution in [3.63, 3.8) is 0 Å². The maximum Gasteiger partial charge on any atom is 0.374 e. The second kappa shape index (κ2) is 2.71. The van der Waals surface area contributed by atoms with E-state index in [1.807, 2.05) is 0 Å². The van der Waals surface area contributed by atoms with E-state index in [2.05, 4.69) is 9.97 Å². The SMILES string of the molecule is Nc1cc(Cl)nc(C(=O)O)n1. The maximum absolute atomic E-state index is 10.3. The van der Waals surface area contributed by atoms with Gasteiger partial charge in [0.05, 0.1) is 0 Å². The minimum Gasteiger partial charge on any atom is -0.475 e. The second-order valence-corrected chi connectivity index (χ2v) is 2.13. The number of carboxylic acid groups (broad SMARTS) is 1. The first-order chi connectivity index (χ1) is 5.09. The minimum absolute atomic E-state index is 0.0231. The lowest BCUT2D eigenvalue weighted by Gasteiger charge is -1.95. The number of aromatic carboxylic acids is 1. The molecule has 0 saturated heterocycles. The Hall–Kier alpha value is -1.36. The Morgan fingerprint density at radius 3 is 2.73 bits per heavy atom. The molecule has 1 aromatic rings. The summed E-state index contributed by atoms with van der Waals surface area (Å²) in [4.78, 5) is 17.1. The lowest BCUT2D eigenvalue weighted by Crippen LogP contribution is -2.06. The predicted molar refractivity (Wildman–Crippen MR) is 38.4 cm³/mol. The van der Waals surface area contributed by atoms with Crippen LogP contribution in [0.15, 0.2) is 6.07 Å². The number of aromatic nitrogens is 2. The molecule has 0 unspecified atom stereocenters. The first-order valence-corrected chi connectivity index (χ1v) is 3.01. The Labute approximate surface area is 66.8 Å². The normalized spacial score (nSPS) is 9.55. The molecule has 5 nitrogen and oxygen atoms in total. The fourth-order valence-corrected chi connectivity index (χ4v) is 0.723. The van der Waals surface area contributed by atoms with E-state index in [0.29, 0.717) is 0 Å². The molecule has 0 aliphatic carbocycles. The molecule has 1 aromatic heterocycles. The molecule has 58 valence electrons. The Balaban J connectivity index is 3.19. The number of nitrogens with zero attached hydrogens (tertiary/aromatic N) is 2. The molecule has 0 aliphatic rings. The number of hydrogen-bond donors (Lipinski definition) is 2. The second-order valence-electron chi connectivity index (χ2n) is 1.74. The van der Waals surface area contributed by atoms with Gasteiger partial charge in [0.15, 0.2) is 0 Å². The van der Waals surface area contributed by atoms with Gasteiger partial charge < -0.3 is 10.8 Å². The number of nitrogen functional groups attached to an aromatic ring is 1. The van der Waals surface area contributed by atoms with Crippen LogP contribution in [-0.2, 0) is 0 Å². The first-order valence-electron chi connectivity index (χ1n) is 2.63. The standard InChI is InChI=1S/C5H4ClN3O2/c6-2-1-3(7)9-4(8-2)5(10)11/h1H,(H,10,11)(H2,7,8,9). The van der Waals surface area contributed by atoms with Gasteiger partial charge in [0.1, 0.15) is 11.0 Å². The van der Waals surface area contributed by atoms with Crippen LogP contribution in [0.2, 0.25) is 5.15 Å². The van der Waals surface area contributed by atoms with Gasteiger partial charge in [-0.1, -0.05) is 11.6 Å². The highest BCUT2D eigenvalue weighted by Crippen LogP contribution is 2.07. The number of carboxylic acids is 1. The average Bonchev–Trinajstić information content (AvgIpc) is 1.85. The summed E-state index contributed by atoms with van der Waals surface area (Å²) in [5, 5.41) is 8.42. The molecule has 0 fully saturated rings. The van der Waals surface area contributed by atoms with E-state index in [1.165, 1.54) is 6.07 Å². The quantitative estimate of drug-likeness (QED) is 0.601. The minimum atomic E-state index is -1.25. The van der Waals surface area contributed by atoms with Gasteiger partial charge in [0.2, 0.25) is 5.82 Å². The average molecular weight is 174 g/mol. The van der Waals surface area contributed by atoms with E-state index in [0.717, 1.165) is 0 Å². The summed E-state index contributed by atoms with van der Waals surface area (Å²) in [6.45, 7) is 0. The molecule has 0 spiro atoms. The molecule has 0 atom stereocenters. The molecule has 0 aromatic carbocycles. The van der Waals surface area contributed by atoms with Crippen LogP contribution in [0.1, 0.15) is 10.6 Å². The van der Waals surface area contributed by atoms with Gasteiger partial charge in [-0.2, -0.15) is 0 Å². The molecule has 0 amide bonds. The molecule has 6 heteroatoms. The van der Waals surface area contributed by atoms with Gasteiger partial charge in [-0.25, -0.2) is 14.8 Å². The zero-order chi connectivity index (χ0) is 8.43. The van der Waals surface area contributed by atoms with Crippen LogP contribution in [0.5, 0.6) is 0 Å². The van der Waals surface area contributed by atoms with Crippen molar-refractivity contribution < 1.29 is 9.90 Å². The van der Waals surface area contributed by atoms with Gasteiger partial charge in [-0.15, -0.1) is 0 Å². The fourth-order valence-electron chi connectivity index (χ4n) is 0.531. The lowest BCUT2D eigenvalue weighted by atomic mass is 10.5. The third-order valence-corrected chi connectivity index (χ3v) is 1.10. The van der Waals surface area contributed by atoms with Crippen LogP contribution >= 0.6 is 11.6 Å². The summed E-state index contributed by atoms with van der Waals surface area (Å²) in [5.74, 6) is -1.60. The summed E-state index contributed by atoms with van der Waals surface area (Å²) in [6.07, 6.45) is 0. The highest BCUT2D eigenvalue weighted by atomic mass is 35.5. The van der Waals surface area contributed by atoms with Crippen LogP contribution in [0.4, 0.5) is 5.82 Å². The molecular formula is C5H4ClN3O2. The number of hydrogen-bond acceptors (Lipinski definition) is 4. The molecule has 0 bridgehead atoms. The Kier molecular flexibility index (Phi) is 1.91. The Bertz CT molecular complexity index is 282. The van der Waals surface area contributed by atoms with Crippen molar-refractivity contribution in [3.8, 4) is 0 Å². The van der Waals surface area contributed by atoms with Crippen LogP contribution in [0, 0.1) is 0 Å². The lowest BCUT2D eigenvalue weighted by molar-refractivity contribution is 0.0683. The van der Waals surface area contributed by atoms with Crippen molar-refractivity contribution in [2.75, 3.05) is 5.73 Å². The van der Waals surface area contributed by atoms with Crippen molar-refractivity contribution in [3.05, 3.63) is 17.0 Å². The smallest absolute Gasteiger partial charge is 0.374 e. The summed E-state index contributed by atoms with van der Waals surface area (Å²) in [6, 6.07) is 1.27. The molecule has 0 radical (unpaired) electrons. The van der Waals surface area contributed by atoms with Crippen LogP contribution < -0.4 is 5.73 Å². The maximum atomic E-state index is 10.3. The molecule has 11 heavy (non-hydrogen) atoms. The highest BCUT2D eigenvalue weighted by Gasteiger charge is 2.07. The monoisotopic (exact) mass is 173 g/mol. The van der Waals surface area contributed by atoms with E-state index in [1.54, 1.807) is 0 Å². The molecule has 3 N–H and O–H groups in total. The van der Waals surface area contributed by atoms with E-state index in [9.17, 15) is 4.79 Å². The van der Waals surface area contributed by atoms with E-state index >= 15 is 0 Å². The molecule has 0 aliphatic heterocycles. The highest BCUT2D eigenvalue weighted by molar-refractivity contribution is 6.29. The summed E-state index contributed by atoms with van der Waals surface area (Å²) < 4.78 is 0. The van der Waals surface area contributed by atoms with Crippen LogP contribution in [0.25, 0.3) is 0 Å². The van der Waals surface area contributed by atoms with Gasteiger partial charge >= 0.3 is 5.97 Å². The number of carbonyl (C=O) groups is 1. The van der Waals surface area contributed by atoms with E-state index in [-0.39, 0.29) is 11.0 Å². The van der Waals surface area contributed by atoms with Crippen molar-refractivity contribution in [2.24, 2.45) is 0 Å². The summed E-state index contributed by atoms with van der Waals surface area (Å²) >= 11 is 5.40. The van der Waals surface area contributed by atoms with Crippen molar-refractivity contribution in [1.29, 1.82) is 0 Å². The zero-order valence-electron chi connectivity index (χ0n) is 5.28. The summed E-state index contributed by atoms with van der Waals surface area (Å²) in [5.41, 5.74) is 5.20. The van der Waals surface area contributed by atoms with Gasteiger partial charge in [0, 0.05) is 6.07 Å². The van der Waals surface area contributed by atoms with Crippen molar-refractivity contribution in [2.45, 2.75) is 0 Å². The first kappa shape index (κ1) is 7.74. The van der Waals surface area contributed by atoms with Crippen molar-refractivity contribution >= 4 is 23.4 Å². The number of rotatable bonds is 1. The zero-order valence-corrected chi connectivity index (χ0v) is 6.04. The Morgan fingerprint density at radius 1 is 1.64 bits per heavy atom. The number of nitrogens with two attached hydrogens (primary N) is 1. The number of anilines is 1. The molecule has 0 saturated carbocycles. The van der Waals surface area contributed by atoms with Crippen LogP contribution in [0.3, 0.4) is 0 Å². The van der Waals surface area contributed by atoms with E-state index in [4.69, 9.17) is 22.4 Å². The van der Waals surface area contributed by atoms with Crippen LogP contribution in [-0.4, -0.2) is 21.0 Å². The predicted octanol–water partition coefficient (Wildman–Crippen LogP) is 0.410. The van der Waals surface area contributed by atoms with Crippen molar-refractivity contribution in [1.82, 2.24) is 9.97 Å². The van der Waals surface area contributed by atoms with Gasteiger partial charge in [-0.05, 0) is 0 Å². The number of halogens is 1. The largest absolute Gasteiger partial charge is 0.475 e. The fraction of sp³-hybridized carbons (Fsp3) is 0. The van der Waals surface area contributed by atoms with Gasteiger partial charge in [-0.3, -0.25) is 0 Å². The topological polar surface area (TPSA) is 89.1 Å². The molecular weight excluding hydrogens is 170 g/mol. The third-order valence-electron chi connectivity index (χ3n) is 0.906. The summed E-state index contributed by atoms with van der Waals surface area (Å²) in [7, 11) is 0. The van der Waals surface area contributed by atoms with Gasteiger partial charge in [0.25, 0.3) is 0 Å².